The molecule has 0 aliphatic carbocycles. The third kappa shape index (κ3) is 3.15. The van der Waals surface area contributed by atoms with Gasteiger partial charge in [-0.15, -0.1) is 11.3 Å². The van der Waals surface area contributed by atoms with Gasteiger partial charge in [0.15, 0.2) is 0 Å². The van der Waals surface area contributed by atoms with Gasteiger partial charge in [0.05, 0.1) is 5.69 Å². The van der Waals surface area contributed by atoms with Gasteiger partial charge in [0, 0.05) is 31.2 Å². The Balaban J connectivity index is 1.83. The Morgan fingerprint density at radius 1 is 1.47 bits per heavy atom. The summed E-state index contributed by atoms with van der Waals surface area (Å²) in [6, 6.07) is 5.41. The van der Waals surface area contributed by atoms with Crippen molar-refractivity contribution in [2.24, 2.45) is 7.05 Å². The van der Waals surface area contributed by atoms with Crippen LogP contribution in [0.2, 0.25) is 0 Å². The standard InChI is InChI=1S/C11H13N3O2S/c1-14-5-4-8(13-14)6-12-7-9-2-3-10(17-9)11(15)16/h2-5,12H,6-7H2,1H3,(H,15,16). The monoisotopic (exact) mass is 251 g/mol. The van der Waals surface area contributed by atoms with Crippen LogP contribution in [-0.2, 0) is 20.1 Å². The topological polar surface area (TPSA) is 67.2 Å². The van der Waals surface area contributed by atoms with E-state index in [4.69, 9.17) is 5.11 Å². The van der Waals surface area contributed by atoms with E-state index in [1.165, 1.54) is 11.3 Å². The molecule has 0 fully saturated rings. The largest absolute Gasteiger partial charge is 0.477 e. The lowest BCUT2D eigenvalue weighted by atomic mass is 10.4. The maximum absolute atomic E-state index is 10.7. The zero-order chi connectivity index (χ0) is 12.3. The number of carboxylic acid groups (broad SMARTS) is 1. The van der Waals surface area contributed by atoms with E-state index in [9.17, 15) is 4.79 Å². The van der Waals surface area contributed by atoms with Crippen molar-refractivity contribution < 1.29 is 9.90 Å². The summed E-state index contributed by atoms with van der Waals surface area (Å²) >= 11 is 1.29. The highest BCUT2D eigenvalue weighted by atomic mass is 32.1. The fourth-order valence-corrected chi connectivity index (χ4v) is 2.28. The van der Waals surface area contributed by atoms with Gasteiger partial charge in [0.1, 0.15) is 4.88 Å². The number of hydrogen-bond donors (Lipinski definition) is 2. The maximum atomic E-state index is 10.7. The summed E-state index contributed by atoms with van der Waals surface area (Å²) in [5.74, 6) is -0.869. The summed E-state index contributed by atoms with van der Waals surface area (Å²) in [5.41, 5.74) is 0.975. The summed E-state index contributed by atoms with van der Waals surface area (Å²) in [5, 5.41) is 16.2. The van der Waals surface area contributed by atoms with Crippen LogP contribution in [0.25, 0.3) is 0 Å². The zero-order valence-electron chi connectivity index (χ0n) is 9.38. The Morgan fingerprint density at radius 2 is 2.29 bits per heavy atom. The summed E-state index contributed by atoms with van der Waals surface area (Å²) in [7, 11) is 1.88. The molecule has 6 heteroatoms. The third-order valence-electron chi connectivity index (χ3n) is 2.25. The van der Waals surface area contributed by atoms with Gasteiger partial charge in [0.2, 0.25) is 0 Å². The summed E-state index contributed by atoms with van der Waals surface area (Å²) in [6.07, 6.45) is 1.89. The van der Waals surface area contributed by atoms with Gasteiger partial charge in [-0.3, -0.25) is 4.68 Å². The van der Waals surface area contributed by atoms with Gasteiger partial charge in [-0.1, -0.05) is 0 Å². The van der Waals surface area contributed by atoms with Gasteiger partial charge in [-0.2, -0.15) is 5.10 Å². The molecule has 2 rings (SSSR count). The van der Waals surface area contributed by atoms with Crippen LogP contribution in [0.4, 0.5) is 0 Å². The van der Waals surface area contributed by atoms with Crippen molar-refractivity contribution in [1.29, 1.82) is 0 Å². The third-order valence-corrected chi connectivity index (χ3v) is 3.32. The number of nitrogens with one attached hydrogen (secondary N) is 1. The van der Waals surface area contributed by atoms with E-state index in [1.807, 2.05) is 25.4 Å². The number of hydrogen-bond acceptors (Lipinski definition) is 4. The van der Waals surface area contributed by atoms with Crippen LogP contribution in [0.5, 0.6) is 0 Å². The number of aromatic nitrogens is 2. The minimum absolute atomic E-state index is 0.375. The molecule has 0 unspecified atom stereocenters. The first-order chi connectivity index (χ1) is 8.15. The molecule has 2 aromatic rings. The SMILES string of the molecule is Cn1ccc(CNCc2ccc(C(=O)O)s2)n1. The van der Waals surface area contributed by atoms with E-state index < -0.39 is 5.97 Å². The molecule has 0 amide bonds. The minimum atomic E-state index is -0.869. The smallest absolute Gasteiger partial charge is 0.345 e. The van der Waals surface area contributed by atoms with Crippen LogP contribution < -0.4 is 5.32 Å². The lowest BCUT2D eigenvalue weighted by molar-refractivity contribution is 0.0702. The highest BCUT2D eigenvalue weighted by molar-refractivity contribution is 7.13. The predicted octanol–water partition coefficient (Wildman–Crippen LogP) is 1.47. The predicted molar refractivity (Wildman–Crippen MR) is 65.0 cm³/mol. The Hall–Kier alpha value is -1.66. The molecule has 0 atom stereocenters. The van der Waals surface area contributed by atoms with Gasteiger partial charge in [-0.05, 0) is 18.2 Å². The quantitative estimate of drug-likeness (QED) is 0.844. The Labute approximate surface area is 103 Å². The van der Waals surface area contributed by atoms with Crippen LogP contribution in [0.3, 0.4) is 0 Å². The number of aromatic carboxylic acids is 1. The van der Waals surface area contributed by atoms with Crippen molar-refractivity contribution in [2.75, 3.05) is 0 Å². The van der Waals surface area contributed by atoms with Gasteiger partial charge < -0.3 is 10.4 Å². The van der Waals surface area contributed by atoms with Crippen LogP contribution >= 0.6 is 11.3 Å². The number of thiophene rings is 1. The highest BCUT2D eigenvalue weighted by Crippen LogP contribution is 2.16. The molecular formula is C11H13N3O2S. The first kappa shape index (κ1) is 11.8. The molecule has 0 spiro atoms. The van der Waals surface area contributed by atoms with Crippen molar-refractivity contribution in [2.45, 2.75) is 13.1 Å². The minimum Gasteiger partial charge on any atom is -0.477 e. The number of aryl methyl sites for hydroxylation is 1. The van der Waals surface area contributed by atoms with Crippen molar-refractivity contribution in [3.63, 3.8) is 0 Å². The molecule has 0 radical (unpaired) electrons. The van der Waals surface area contributed by atoms with Crippen molar-refractivity contribution in [1.82, 2.24) is 15.1 Å². The summed E-state index contributed by atoms with van der Waals surface area (Å²) in [6.45, 7) is 1.34. The first-order valence-electron chi connectivity index (χ1n) is 5.16. The van der Waals surface area contributed by atoms with E-state index in [0.717, 1.165) is 10.6 Å². The molecule has 2 heterocycles. The van der Waals surface area contributed by atoms with Crippen molar-refractivity contribution in [3.8, 4) is 0 Å². The van der Waals surface area contributed by atoms with E-state index >= 15 is 0 Å². The zero-order valence-corrected chi connectivity index (χ0v) is 10.2. The lowest BCUT2D eigenvalue weighted by Gasteiger charge is -1.99. The Morgan fingerprint density at radius 3 is 2.88 bits per heavy atom. The molecule has 0 saturated carbocycles. The fraction of sp³-hybridized carbons (Fsp3) is 0.273. The van der Waals surface area contributed by atoms with Crippen LogP contribution in [-0.4, -0.2) is 20.9 Å². The molecule has 2 aromatic heterocycles. The summed E-state index contributed by atoms with van der Waals surface area (Å²) < 4.78 is 1.75. The molecule has 5 nitrogen and oxygen atoms in total. The van der Waals surface area contributed by atoms with Crippen molar-refractivity contribution >= 4 is 17.3 Å². The second-order valence-electron chi connectivity index (χ2n) is 3.66. The number of nitrogens with zero attached hydrogens (tertiary/aromatic N) is 2. The molecule has 0 aromatic carbocycles. The molecule has 0 aliphatic heterocycles. The molecule has 90 valence electrons. The van der Waals surface area contributed by atoms with Crippen molar-refractivity contribution in [3.05, 3.63) is 39.8 Å². The van der Waals surface area contributed by atoms with Crippen LogP contribution in [0.15, 0.2) is 24.4 Å². The average Bonchev–Trinajstić information content (AvgIpc) is 2.88. The van der Waals surface area contributed by atoms with E-state index in [-0.39, 0.29) is 0 Å². The first-order valence-corrected chi connectivity index (χ1v) is 5.98. The molecule has 17 heavy (non-hydrogen) atoms. The summed E-state index contributed by atoms with van der Waals surface area (Å²) in [4.78, 5) is 12.1. The van der Waals surface area contributed by atoms with Gasteiger partial charge >= 0.3 is 5.97 Å². The van der Waals surface area contributed by atoms with E-state index in [1.54, 1.807) is 10.7 Å². The average molecular weight is 251 g/mol. The van der Waals surface area contributed by atoms with Crippen LogP contribution in [0, 0.1) is 0 Å². The Kier molecular flexibility index (Phi) is 3.55. The van der Waals surface area contributed by atoms with Gasteiger partial charge in [0.25, 0.3) is 0 Å². The molecule has 0 bridgehead atoms. The number of carbonyl (C=O) groups is 1. The molecular weight excluding hydrogens is 238 g/mol. The van der Waals surface area contributed by atoms with Crippen LogP contribution in [0.1, 0.15) is 20.2 Å². The van der Waals surface area contributed by atoms with E-state index in [2.05, 4.69) is 10.4 Å². The fourth-order valence-electron chi connectivity index (χ4n) is 1.46. The normalized spacial score (nSPS) is 10.6. The second kappa shape index (κ2) is 5.11. The molecule has 0 aliphatic rings. The second-order valence-corrected chi connectivity index (χ2v) is 4.82. The number of carboxylic acids is 1. The Bertz CT molecular complexity index is 518. The lowest BCUT2D eigenvalue weighted by Crippen LogP contribution is -2.12. The van der Waals surface area contributed by atoms with E-state index in [0.29, 0.717) is 18.0 Å². The van der Waals surface area contributed by atoms with Gasteiger partial charge in [-0.25, -0.2) is 4.79 Å². The molecule has 0 saturated heterocycles. The number of rotatable bonds is 5. The highest BCUT2D eigenvalue weighted by Gasteiger charge is 2.06. The maximum Gasteiger partial charge on any atom is 0.345 e. The molecule has 2 N–H and O–H groups in total.